The topological polar surface area (TPSA) is 46.4 Å². The van der Waals surface area contributed by atoms with Crippen molar-refractivity contribution in [3.63, 3.8) is 0 Å². The lowest BCUT2D eigenvalue weighted by Crippen LogP contribution is -2.22. The number of rotatable bonds is 5. The molecular weight excluding hydrogens is 298 g/mol. The third kappa shape index (κ3) is 2.50. The van der Waals surface area contributed by atoms with Crippen molar-refractivity contribution >= 4 is 17.1 Å². The minimum atomic E-state index is 0.212. The van der Waals surface area contributed by atoms with Gasteiger partial charge in [0.15, 0.2) is 5.78 Å². The standard InChI is InChI=1S/C20H19N3O/c1-2-21-17-8-4-7-15(11-17)18-13-22-19-12-16(9-10-23(18)19)20(24)14-5-3-6-14/h2,4,7-14,21H,1,3,5-6H2. The van der Waals surface area contributed by atoms with Gasteiger partial charge in [-0.15, -0.1) is 0 Å². The molecule has 120 valence electrons. The smallest absolute Gasteiger partial charge is 0.166 e. The van der Waals surface area contributed by atoms with Gasteiger partial charge in [-0.3, -0.25) is 9.20 Å². The molecule has 2 heterocycles. The molecule has 3 aromatic rings. The van der Waals surface area contributed by atoms with E-state index in [-0.39, 0.29) is 11.7 Å². The van der Waals surface area contributed by atoms with Gasteiger partial charge in [0.25, 0.3) is 0 Å². The average Bonchev–Trinajstić information content (AvgIpc) is 2.97. The number of imidazole rings is 1. The molecule has 1 saturated carbocycles. The molecule has 1 aromatic carbocycles. The Morgan fingerprint density at radius 3 is 2.92 bits per heavy atom. The number of nitrogens with one attached hydrogen (secondary N) is 1. The third-order valence-electron chi connectivity index (χ3n) is 4.70. The van der Waals surface area contributed by atoms with Crippen LogP contribution < -0.4 is 5.32 Å². The molecule has 0 amide bonds. The molecule has 1 fully saturated rings. The Morgan fingerprint density at radius 1 is 1.29 bits per heavy atom. The number of hydrogen-bond acceptors (Lipinski definition) is 3. The minimum Gasteiger partial charge on any atom is -0.362 e. The first-order valence-electron chi connectivity index (χ1n) is 8.25. The Morgan fingerprint density at radius 2 is 2.17 bits per heavy atom. The van der Waals surface area contributed by atoms with Crippen molar-refractivity contribution in [1.29, 1.82) is 0 Å². The van der Waals surface area contributed by atoms with Gasteiger partial charge in [-0.25, -0.2) is 4.98 Å². The van der Waals surface area contributed by atoms with Crippen molar-refractivity contribution in [2.45, 2.75) is 19.3 Å². The van der Waals surface area contributed by atoms with E-state index in [1.54, 1.807) is 6.20 Å². The lowest BCUT2D eigenvalue weighted by atomic mass is 9.80. The molecule has 0 aliphatic heterocycles. The Labute approximate surface area is 140 Å². The van der Waals surface area contributed by atoms with Crippen LogP contribution in [0.5, 0.6) is 0 Å². The zero-order valence-electron chi connectivity index (χ0n) is 13.4. The zero-order chi connectivity index (χ0) is 16.5. The van der Waals surface area contributed by atoms with Crippen LogP contribution in [0.25, 0.3) is 16.9 Å². The number of nitrogens with zero attached hydrogens (tertiary/aromatic N) is 2. The summed E-state index contributed by atoms with van der Waals surface area (Å²) >= 11 is 0. The van der Waals surface area contributed by atoms with Gasteiger partial charge in [0.05, 0.1) is 11.9 Å². The van der Waals surface area contributed by atoms with E-state index in [0.29, 0.717) is 0 Å². The maximum absolute atomic E-state index is 12.4. The van der Waals surface area contributed by atoms with Gasteiger partial charge in [-0.2, -0.15) is 0 Å². The third-order valence-corrected chi connectivity index (χ3v) is 4.70. The normalized spacial score (nSPS) is 14.3. The van der Waals surface area contributed by atoms with E-state index in [9.17, 15) is 4.79 Å². The highest BCUT2D eigenvalue weighted by molar-refractivity contribution is 5.99. The first kappa shape index (κ1) is 14.7. The van der Waals surface area contributed by atoms with Gasteiger partial charge in [-0.05, 0) is 43.3 Å². The van der Waals surface area contributed by atoms with Gasteiger partial charge in [0.1, 0.15) is 5.65 Å². The van der Waals surface area contributed by atoms with Gasteiger partial charge in [0, 0.05) is 28.9 Å². The number of anilines is 1. The highest BCUT2D eigenvalue weighted by Gasteiger charge is 2.26. The second kappa shape index (κ2) is 5.96. The Bertz CT molecular complexity index is 922. The van der Waals surface area contributed by atoms with Gasteiger partial charge >= 0.3 is 0 Å². The van der Waals surface area contributed by atoms with Crippen LogP contribution in [0.3, 0.4) is 0 Å². The molecule has 1 N–H and O–H groups in total. The summed E-state index contributed by atoms with van der Waals surface area (Å²) in [4.78, 5) is 16.9. The van der Waals surface area contributed by atoms with E-state index >= 15 is 0 Å². The molecule has 0 unspecified atom stereocenters. The fourth-order valence-electron chi connectivity index (χ4n) is 3.14. The summed E-state index contributed by atoms with van der Waals surface area (Å²) in [5.41, 5.74) is 4.62. The quantitative estimate of drug-likeness (QED) is 0.703. The minimum absolute atomic E-state index is 0.212. The predicted octanol–water partition coefficient (Wildman–Crippen LogP) is 4.54. The lowest BCUT2D eigenvalue weighted by Gasteiger charge is -2.23. The monoisotopic (exact) mass is 317 g/mol. The number of carbonyl (C=O) groups is 1. The van der Waals surface area contributed by atoms with E-state index < -0.39 is 0 Å². The van der Waals surface area contributed by atoms with Crippen LogP contribution in [-0.2, 0) is 0 Å². The first-order chi connectivity index (χ1) is 11.8. The largest absolute Gasteiger partial charge is 0.362 e. The fraction of sp³-hybridized carbons (Fsp3) is 0.200. The van der Waals surface area contributed by atoms with Gasteiger partial charge in [0.2, 0.25) is 0 Å². The highest BCUT2D eigenvalue weighted by Crippen LogP contribution is 2.30. The zero-order valence-corrected chi connectivity index (χ0v) is 13.4. The number of Topliss-reactive ketones (excluding diaryl/α,β-unsaturated/α-hetero) is 1. The molecule has 24 heavy (non-hydrogen) atoms. The van der Waals surface area contributed by atoms with Crippen molar-refractivity contribution in [1.82, 2.24) is 9.38 Å². The summed E-state index contributed by atoms with van der Waals surface area (Å²) in [6, 6.07) is 11.9. The molecule has 2 aromatic heterocycles. The van der Waals surface area contributed by atoms with Crippen molar-refractivity contribution in [2.75, 3.05) is 5.32 Å². The van der Waals surface area contributed by atoms with Crippen LogP contribution >= 0.6 is 0 Å². The summed E-state index contributed by atoms with van der Waals surface area (Å²) in [7, 11) is 0. The van der Waals surface area contributed by atoms with Crippen LogP contribution in [-0.4, -0.2) is 15.2 Å². The van der Waals surface area contributed by atoms with Crippen molar-refractivity contribution < 1.29 is 4.79 Å². The molecular formula is C20H19N3O. The van der Waals surface area contributed by atoms with E-state index in [1.807, 2.05) is 47.1 Å². The summed E-state index contributed by atoms with van der Waals surface area (Å²) in [5, 5.41) is 3.10. The van der Waals surface area contributed by atoms with E-state index in [1.165, 1.54) is 6.42 Å². The SMILES string of the molecule is C=CNc1cccc(-c2cnc3cc(C(=O)C4CCC4)ccn23)c1. The molecule has 4 heteroatoms. The molecule has 0 radical (unpaired) electrons. The van der Waals surface area contributed by atoms with E-state index in [0.717, 1.165) is 41.0 Å². The predicted molar refractivity (Wildman–Crippen MR) is 96.1 cm³/mol. The molecule has 0 spiro atoms. The Kier molecular flexibility index (Phi) is 3.65. The summed E-state index contributed by atoms with van der Waals surface area (Å²) in [6.45, 7) is 3.69. The van der Waals surface area contributed by atoms with Crippen LogP contribution in [0.15, 0.2) is 61.6 Å². The van der Waals surface area contributed by atoms with Gasteiger partial charge in [-0.1, -0.05) is 25.1 Å². The number of benzene rings is 1. The molecule has 0 bridgehead atoms. The number of fused-ring (bicyclic) bond motifs is 1. The van der Waals surface area contributed by atoms with Crippen molar-refractivity contribution in [3.8, 4) is 11.3 Å². The maximum Gasteiger partial charge on any atom is 0.166 e. The fourth-order valence-corrected chi connectivity index (χ4v) is 3.14. The molecule has 0 atom stereocenters. The summed E-state index contributed by atoms with van der Waals surface area (Å²) in [5.74, 6) is 0.467. The van der Waals surface area contributed by atoms with E-state index in [2.05, 4.69) is 22.9 Å². The second-order valence-corrected chi connectivity index (χ2v) is 6.21. The van der Waals surface area contributed by atoms with Crippen LogP contribution in [0.1, 0.15) is 29.6 Å². The van der Waals surface area contributed by atoms with Crippen LogP contribution in [0.2, 0.25) is 0 Å². The number of pyridine rings is 1. The first-order valence-corrected chi connectivity index (χ1v) is 8.25. The number of ketones is 1. The van der Waals surface area contributed by atoms with Crippen molar-refractivity contribution in [2.24, 2.45) is 5.92 Å². The Balaban J connectivity index is 1.71. The number of carbonyl (C=O) groups excluding carboxylic acids is 1. The molecule has 4 rings (SSSR count). The van der Waals surface area contributed by atoms with E-state index in [4.69, 9.17) is 0 Å². The van der Waals surface area contributed by atoms with Crippen LogP contribution in [0.4, 0.5) is 5.69 Å². The summed E-state index contributed by atoms with van der Waals surface area (Å²) in [6.07, 6.45) is 8.66. The number of hydrogen-bond donors (Lipinski definition) is 1. The van der Waals surface area contributed by atoms with Crippen LogP contribution in [0, 0.1) is 5.92 Å². The summed E-state index contributed by atoms with van der Waals surface area (Å²) < 4.78 is 2.02. The van der Waals surface area contributed by atoms with Gasteiger partial charge < -0.3 is 5.32 Å². The molecule has 1 aliphatic carbocycles. The molecule has 0 saturated heterocycles. The second-order valence-electron chi connectivity index (χ2n) is 6.21. The highest BCUT2D eigenvalue weighted by atomic mass is 16.1. The average molecular weight is 317 g/mol. The molecule has 1 aliphatic rings. The Hall–Kier alpha value is -2.88. The van der Waals surface area contributed by atoms with Crippen molar-refractivity contribution in [3.05, 3.63) is 67.1 Å². The number of aromatic nitrogens is 2. The molecule has 4 nitrogen and oxygen atoms in total. The lowest BCUT2D eigenvalue weighted by molar-refractivity contribution is 0.0855. The maximum atomic E-state index is 12.4.